The van der Waals surface area contributed by atoms with Crippen LogP contribution in [0.3, 0.4) is 0 Å². The molecular weight excluding hydrogens is 505 g/mol. The highest BCUT2D eigenvalue weighted by molar-refractivity contribution is 5.65. The Morgan fingerprint density at radius 2 is 1.85 bits per heavy atom. The summed E-state index contributed by atoms with van der Waals surface area (Å²) >= 11 is 0. The molecule has 40 heavy (non-hydrogen) atoms. The van der Waals surface area contributed by atoms with Crippen molar-refractivity contribution < 1.29 is 23.8 Å². The third kappa shape index (κ3) is 6.56. The Kier molecular flexibility index (Phi) is 9.82. The fraction of sp³-hybridized carbons (Fsp3) is 0.588. The molecule has 1 N–H and O–H groups in total. The normalized spacial score (nSPS) is 28.6. The van der Waals surface area contributed by atoms with E-state index in [1.165, 1.54) is 5.57 Å². The molecule has 216 valence electrons. The molecule has 1 saturated carbocycles. The number of fused-ring (bicyclic) bond motifs is 1. The third-order valence-electron chi connectivity index (χ3n) is 9.18. The molecule has 0 unspecified atom stereocenters. The van der Waals surface area contributed by atoms with E-state index in [9.17, 15) is 9.90 Å². The van der Waals surface area contributed by atoms with Gasteiger partial charge in [-0.3, -0.25) is 0 Å². The first-order valence-electron chi connectivity index (χ1n) is 15.3. The zero-order valence-corrected chi connectivity index (χ0v) is 24.0. The average Bonchev–Trinajstić information content (AvgIpc) is 3.55. The molecule has 2 aromatic rings. The molecule has 1 aliphatic carbocycles. The molecule has 5 nitrogen and oxygen atoms in total. The summed E-state index contributed by atoms with van der Waals surface area (Å²) in [6.07, 6.45) is 13.1. The quantitative estimate of drug-likeness (QED) is 0.237. The molecule has 1 aromatic heterocycles. The van der Waals surface area contributed by atoms with Gasteiger partial charge in [-0.15, -0.1) is 0 Å². The van der Waals surface area contributed by atoms with Gasteiger partial charge in [-0.2, -0.15) is 0 Å². The van der Waals surface area contributed by atoms with Crippen LogP contribution in [0.15, 0.2) is 35.9 Å². The monoisotopic (exact) mass is 549 g/mol. The zero-order chi connectivity index (χ0) is 28.1. The van der Waals surface area contributed by atoms with Crippen molar-refractivity contribution in [2.75, 3.05) is 13.2 Å². The van der Waals surface area contributed by atoms with Crippen LogP contribution in [-0.4, -0.2) is 47.9 Å². The van der Waals surface area contributed by atoms with Crippen molar-refractivity contribution in [3.8, 4) is 11.3 Å². The summed E-state index contributed by atoms with van der Waals surface area (Å²) in [6.45, 7) is 5.16. The fourth-order valence-electron chi connectivity index (χ4n) is 6.92. The number of aromatic nitrogens is 1. The molecule has 2 saturated heterocycles. The molecule has 1 aromatic carbocycles. The second-order valence-corrected chi connectivity index (χ2v) is 12.1. The number of nitrogens with zero attached hydrogens (tertiary/aromatic N) is 1. The third-order valence-corrected chi connectivity index (χ3v) is 9.18. The Hall–Kier alpha value is -2.41. The minimum absolute atomic E-state index is 0.0355. The van der Waals surface area contributed by atoms with Crippen molar-refractivity contribution in [2.24, 2.45) is 11.8 Å². The molecule has 5 rings (SSSR count). The van der Waals surface area contributed by atoms with Gasteiger partial charge in [0.15, 0.2) is 0 Å². The van der Waals surface area contributed by atoms with Gasteiger partial charge in [0.05, 0.1) is 25.0 Å². The number of carbonyl (C=O) groups is 1. The summed E-state index contributed by atoms with van der Waals surface area (Å²) in [5, 5.41) is 9.98. The molecular formula is C34H44FNO4. The van der Waals surface area contributed by atoms with E-state index in [4.69, 9.17) is 14.5 Å². The van der Waals surface area contributed by atoms with Crippen molar-refractivity contribution >= 4 is 12.4 Å². The summed E-state index contributed by atoms with van der Waals surface area (Å²) in [7, 11) is 0. The highest BCUT2D eigenvalue weighted by Crippen LogP contribution is 2.38. The smallest absolute Gasteiger partial charge is 0.149 e. The predicted octanol–water partition coefficient (Wildman–Crippen LogP) is 7.19. The van der Waals surface area contributed by atoms with Gasteiger partial charge in [-0.1, -0.05) is 62.4 Å². The highest BCUT2D eigenvalue weighted by Gasteiger charge is 2.46. The molecule has 6 heteroatoms. The minimum atomic E-state index is -0.491. The van der Waals surface area contributed by atoms with Crippen LogP contribution in [0, 0.1) is 24.6 Å². The van der Waals surface area contributed by atoms with Crippen LogP contribution < -0.4 is 0 Å². The number of pyridine rings is 1. The topological polar surface area (TPSA) is 68.7 Å². The van der Waals surface area contributed by atoms with Gasteiger partial charge in [0.25, 0.3) is 0 Å². The van der Waals surface area contributed by atoms with E-state index < -0.39 is 6.10 Å². The van der Waals surface area contributed by atoms with Crippen molar-refractivity contribution in [2.45, 2.75) is 102 Å². The maximum absolute atomic E-state index is 15.1. The fourth-order valence-corrected chi connectivity index (χ4v) is 6.92. The number of carbonyl (C=O) groups excluding carboxylic acids is 1. The standard InChI is InChI=1S/C34H44FNO4/c1-3-8-23(9-4-5-11-27-20-39-34-31(38)21-40-33(27)34)18-30-22(2)17-29(35)32(36-30)25-15-13-24(14-16-25)28-12-7-6-10-26(28)19-37/h13-19,26-28,31,33-34,38H,3-12,20-21H2,1-2H3/b23-18+/t26-,27-,28+,31-,33-,34-/m1/s1. The van der Waals surface area contributed by atoms with Crippen LogP contribution >= 0.6 is 0 Å². The van der Waals surface area contributed by atoms with Gasteiger partial charge in [-0.25, -0.2) is 9.37 Å². The van der Waals surface area contributed by atoms with E-state index in [2.05, 4.69) is 25.1 Å². The number of allylic oxidation sites excluding steroid dienone is 1. The van der Waals surface area contributed by atoms with E-state index in [-0.39, 0.29) is 29.9 Å². The number of halogens is 1. The molecule has 3 heterocycles. The van der Waals surface area contributed by atoms with Crippen LogP contribution in [0.1, 0.15) is 93.9 Å². The summed E-state index contributed by atoms with van der Waals surface area (Å²) in [5.74, 6) is 0.387. The van der Waals surface area contributed by atoms with Gasteiger partial charge in [-0.05, 0) is 74.6 Å². The Labute approximate surface area is 238 Å². The van der Waals surface area contributed by atoms with E-state index in [0.29, 0.717) is 24.8 Å². The number of ether oxygens (including phenoxy) is 2. The zero-order valence-electron chi connectivity index (χ0n) is 24.0. The number of rotatable bonds is 11. The van der Waals surface area contributed by atoms with Gasteiger partial charge in [0, 0.05) is 17.4 Å². The van der Waals surface area contributed by atoms with Gasteiger partial charge in [0.1, 0.15) is 30.0 Å². The largest absolute Gasteiger partial charge is 0.388 e. The number of aldehydes is 1. The summed E-state index contributed by atoms with van der Waals surface area (Å²) in [6, 6.07) is 9.61. The lowest BCUT2D eigenvalue weighted by molar-refractivity contribution is -0.112. The maximum atomic E-state index is 15.1. The Morgan fingerprint density at radius 3 is 2.62 bits per heavy atom. The first-order valence-corrected chi connectivity index (χ1v) is 15.3. The minimum Gasteiger partial charge on any atom is -0.388 e. The van der Waals surface area contributed by atoms with Crippen LogP contribution in [0.25, 0.3) is 17.3 Å². The Balaban J connectivity index is 1.25. The van der Waals surface area contributed by atoms with E-state index in [1.54, 1.807) is 6.07 Å². The van der Waals surface area contributed by atoms with E-state index in [0.717, 1.165) is 92.9 Å². The molecule has 0 amide bonds. The van der Waals surface area contributed by atoms with Crippen LogP contribution in [-0.2, 0) is 14.3 Å². The summed E-state index contributed by atoms with van der Waals surface area (Å²) < 4.78 is 26.7. The Morgan fingerprint density at radius 1 is 1.07 bits per heavy atom. The molecule has 6 atom stereocenters. The first-order chi connectivity index (χ1) is 19.5. The number of aliphatic hydroxyl groups is 1. The van der Waals surface area contributed by atoms with Crippen LogP contribution in [0.2, 0.25) is 0 Å². The lowest BCUT2D eigenvalue weighted by Gasteiger charge is -2.28. The van der Waals surface area contributed by atoms with Gasteiger partial charge < -0.3 is 19.4 Å². The molecule has 2 aliphatic heterocycles. The summed E-state index contributed by atoms with van der Waals surface area (Å²) in [4.78, 5) is 16.4. The second-order valence-electron chi connectivity index (χ2n) is 12.1. The van der Waals surface area contributed by atoms with Crippen molar-refractivity contribution in [1.82, 2.24) is 4.98 Å². The van der Waals surface area contributed by atoms with Crippen molar-refractivity contribution in [3.63, 3.8) is 0 Å². The van der Waals surface area contributed by atoms with Crippen LogP contribution in [0.5, 0.6) is 0 Å². The van der Waals surface area contributed by atoms with Crippen molar-refractivity contribution in [1.29, 1.82) is 0 Å². The van der Waals surface area contributed by atoms with Gasteiger partial charge in [0.2, 0.25) is 0 Å². The lowest BCUT2D eigenvalue weighted by Crippen LogP contribution is -2.28. The number of aryl methyl sites for hydroxylation is 1. The summed E-state index contributed by atoms with van der Waals surface area (Å²) in [5.41, 5.74) is 5.32. The first kappa shape index (κ1) is 29.1. The number of hydrogen-bond donors (Lipinski definition) is 1. The van der Waals surface area contributed by atoms with Crippen LogP contribution in [0.4, 0.5) is 4.39 Å². The molecule has 0 spiro atoms. The number of benzene rings is 1. The highest BCUT2D eigenvalue weighted by atomic mass is 19.1. The number of unbranched alkanes of at least 4 members (excludes halogenated alkanes) is 1. The SMILES string of the molecule is CCC/C(=C\c1nc(-c2ccc([C@@H]3CCCC[C@@H]3C=O)cc2)c(F)cc1C)CCCC[C@@H]1CO[C@H]2[C@@H]1OC[C@H]2O. The molecule has 0 bridgehead atoms. The molecule has 3 fully saturated rings. The van der Waals surface area contributed by atoms with E-state index >= 15 is 4.39 Å². The number of hydrogen-bond acceptors (Lipinski definition) is 5. The van der Waals surface area contributed by atoms with Crippen molar-refractivity contribution in [3.05, 3.63) is 58.5 Å². The van der Waals surface area contributed by atoms with Gasteiger partial charge >= 0.3 is 0 Å². The second kappa shape index (κ2) is 13.5. The number of aliphatic hydroxyl groups excluding tert-OH is 1. The molecule has 0 radical (unpaired) electrons. The molecule has 3 aliphatic rings. The van der Waals surface area contributed by atoms with E-state index in [1.807, 2.05) is 19.1 Å². The Bertz CT molecular complexity index is 1180. The maximum Gasteiger partial charge on any atom is 0.149 e. The lowest BCUT2D eigenvalue weighted by atomic mass is 9.76. The predicted molar refractivity (Wildman–Crippen MR) is 155 cm³/mol. The average molecular weight is 550 g/mol.